The smallest absolute Gasteiger partial charge is 0.241 e. The van der Waals surface area contributed by atoms with Gasteiger partial charge in [-0.05, 0) is 48.1 Å². The van der Waals surface area contributed by atoms with Gasteiger partial charge in [-0.1, -0.05) is 36.4 Å². The van der Waals surface area contributed by atoms with Crippen molar-refractivity contribution in [1.82, 2.24) is 15.5 Å². The minimum absolute atomic E-state index is 0.0477. The van der Waals surface area contributed by atoms with Crippen LogP contribution >= 0.6 is 0 Å². The fourth-order valence-corrected chi connectivity index (χ4v) is 4.03. The molecule has 0 aromatic heterocycles. The lowest BCUT2D eigenvalue weighted by Gasteiger charge is -2.30. The van der Waals surface area contributed by atoms with Gasteiger partial charge in [0.05, 0.1) is 18.6 Å². The number of hydrogen-bond donors (Lipinski definition) is 2. The Kier molecular flexibility index (Phi) is 6.13. The molecule has 7 heteroatoms. The van der Waals surface area contributed by atoms with Crippen molar-refractivity contribution in [2.24, 2.45) is 5.92 Å². The number of likely N-dealkylation sites (N-methyl/N-ethyl adjacent to an activating group) is 1. The van der Waals surface area contributed by atoms with Crippen LogP contribution in [0.15, 0.2) is 54.6 Å². The summed E-state index contributed by atoms with van der Waals surface area (Å²) in [6, 6.07) is 11.9. The lowest BCUT2D eigenvalue weighted by molar-refractivity contribution is -0.134. The molecule has 2 atom stereocenters. The first-order valence-electron chi connectivity index (χ1n) is 10.4. The van der Waals surface area contributed by atoms with Crippen molar-refractivity contribution < 1.29 is 18.4 Å². The van der Waals surface area contributed by atoms with Crippen molar-refractivity contribution in [1.29, 1.82) is 0 Å². The molecule has 0 unspecified atom stereocenters. The highest BCUT2D eigenvalue weighted by molar-refractivity contribution is 5.88. The van der Waals surface area contributed by atoms with Crippen molar-refractivity contribution in [3.05, 3.63) is 77.4 Å². The van der Waals surface area contributed by atoms with Crippen LogP contribution in [0.4, 0.5) is 8.78 Å². The highest BCUT2D eigenvalue weighted by atomic mass is 19.1. The van der Waals surface area contributed by atoms with Crippen molar-refractivity contribution in [2.75, 3.05) is 20.1 Å². The van der Waals surface area contributed by atoms with Crippen LogP contribution in [0.1, 0.15) is 30.0 Å². The van der Waals surface area contributed by atoms with Gasteiger partial charge in [0.15, 0.2) is 0 Å². The minimum atomic E-state index is -0.526. The van der Waals surface area contributed by atoms with Gasteiger partial charge >= 0.3 is 0 Å². The maximum Gasteiger partial charge on any atom is 0.241 e. The summed E-state index contributed by atoms with van der Waals surface area (Å²) >= 11 is 0. The number of benzene rings is 2. The van der Waals surface area contributed by atoms with E-state index in [1.54, 1.807) is 11.9 Å². The molecule has 1 saturated carbocycles. The zero-order chi connectivity index (χ0) is 22.0. The fraction of sp³-hybridized carbons (Fsp3) is 0.333. The van der Waals surface area contributed by atoms with E-state index in [9.17, 15) is 18.4 Å². The normalized spacial score (nSPS) is 19.1. The maximum atomic E-state index is 14.5. The van der Waals surface area contributed by atoms with E-state index < -0.39 is 23.7 Å². The third-order valence-electron chi connectivity index (χ3n) is 5.85. The molecular weight excluding hydrogens is 400 g/mol. The van der Waals surface area contributed by atoms with Crippen LogP contribution in [-0.4, -0.2) is 42.9 Å². The van der Waals surface area contributed by atoms with Crippen molar-refractivity contribution in [2.45, 2.75) is 24.9 Å². The lowest BCUT2D eigenvalue weighted by Crippen LogP contribution is -2.50. The Morgan fingerprint density at radius 3 is 2.55 bits per heavy atom. The Labute approximate surface area is 180 Å². The fourth-order valence-electron chi connectivity index (χ4n) is 4.03. The molecule has 0 radical (unpaired) electrons. The molecule has 0 bridgehead atoms. The van der Waals surface area contributed by atoms with E-state index in [2.05, 4.69) is 10.6 Å². The zero-order valence-electron chi connectivity index (χ0n) is 17.3. The minimum Gasteiger partial charge on any atom is -0.358 e. The molecule has 2 aliphatic rings. The van der Waals surface area contributed by atoms with Gasteiger partial charge in [0.25, 0.3) is 0 Å². The van der Waals surface area contributed by atoms with E-state index in [1.165, 1.54) is 6.07 Å². The molecule has 1 aliphatic heterocycles. The first-order chi connectivity index (χ1) is 15.0. The molecule has 1 heterocycles. The summed E-state index contributed by atoms with van der Waals surface area (Å²) in [5.74, 6) is -1.21. The number of carbonyl (C=O) groups excluding carboxylic acids is 2. The van der Waals surface area contributed by atoms with E-state index in [4.69, 9.17) is 0 Å². The summed E-state index contributed by atoms with van der Waals surface area (Å²) in [5, 5.41) is 5.64. The van der Waals surface area contributed by atoms with E-state index in [1.807, 2.05) is 36.4 Å². The van der Waals surface area contributed by atoms with E-state index in [0.717, 1.165) is 30.5 Å². The van der Waals surface area contributed by atoms with Crippen molar-refractivity contribution >= 4 is 17.4 Å². The van der Waals surface area contributed by atoms with Gasteiger partial charge in [0.1, 0.15) is 11.6 Å². The molecule has 0 spiro atoms. The van der Waals surface area contributed by atoms with Gasteiger partial charge in [0, 0.05) is 19.2 Å². The number of hydrogen-bond acceptors (Lipinski definition) is 3. The van der Waals surface area contributed by atoms with Crippen LogP contribution in [0.3, 0.4) is 0 Å². The number of nitrogens with one attached hydrogen (secondary N) is 2. The molecule has 5 nitrogen and oxygen atoms in total. The standard InChI is InChI=1S/C24H25F2N3O2/c1-27-22(30)13-28-23(16-7-8-16)24(31)29-14-17(19-12-18(25)9-10-20(19)26)11-21(29)15-5-3-2-4-6-15/h2-6,9-12,16,21,23,28H,7-8,13-14H2,1H3,(H,27,30)/t21-,23-/m0/s1. The number of carbonyl (C=O) groups is 2. The first kappa shape index (κ1) is 21.2. The van der Waals surface area contributed by atoms with Gasteiger partial charge in [-0.15, -0.1) is 0 Å². The number of rotatable bonds is 7. The molecule has 4 rings (SSSR count). The number of nitrogens with zero attached hydrogens (tertiary/aromatic N) is 1. The summed E-state index contributed by atoms with van der Waals surface area (Å²) in [7, 11) is 1.55. The molecule has 2 aromatic carbocycles. The molecule has 1 fully saturated rings. The summed E-state index contributed by atoms with van der Waals surface area (Å²) in [6.45, 7) is 0.218. The summed E-state index contributed by atoms with van der Waals surface area (Å²) in [5.41, 5.74) is 1.63. The average Bonchev–Trinajstić information content (AvgIpc) is 3.52. The first-order valence-corrected chi connectivity index (χ1v) is 10.4. The van der Waals surface area contributed by atoms with Gasteiger partial charge < -0.3 is 10.2 Å². The van der Waals surface area contributed by atoms with Crippen LogP contribution in [0.2, 0.25) is 0 Å². The number of halogens is 2. The van der Waals surface area contributed by atoms with E-state index >= 15 is 0 Å². The van der Waals surface area contributed by atoms with Gasteiger partial charge in [0.2, 0.25) is 11.8 Å². The highest BCUT2D eigenvalue weighted by Crippen LogP contribution is 2.39. The van der Waals surface area contributed by atoms with Crippen LogP contribution in [0, 0.1) is 17.6 Å². The summed E-state index contributed by atoms with van der Waals surface area (Å²) in [4.78, 5) is 27.0. The average molecular weight is 425 g/mol. The molecule has 162 valence electrons. The quantitative estimate of drug-likeness (QED) is 0.717. The van der Waals surface area contributed by atoms with Crippen LogP contribution in [0.25, 0.3) is 5.57 Å². The predicted molar refractivity (Wildman–Crippen MR) is 114 cm³/mol. The Morgan fingerprint density at radius 1 is 1.13 bits per heavy atom. The third kappa shape index (κ3) is 4.66. The SMILES string of the molecule is CNC(=O)CN[C@H](C(=O)N1CC(c2cc(F)ccc2F)=C[C@H]1c1ccccc1)C1CC1. The second kappa shape index (κ2) is 8.98. The Morgan fingerprint density at radius 2 is 1.87 bits per heavy atom. The van der Waals surface area contributed by atoms with Gasteiger partial charge in [-0.2, -0.15) is 0 Å². The molecule has 2 amide bonds. The molecule has 0 saturated heterocycles. The third-order valence-corrected chi connectivity index (χ3v) is 5.85. The second-order valence-electron chi connectivity index (χ2n) is 8.01. The van der Waals surface area contributed by atoms with Crippen LogP contribution in [-0.2, 0) is 9.59 Å². The second-order valence-corrected chi connectivity index (χ2v) is 8.01. The van der Waals surface area contributed by atoms with E-state index in [-0.39, 0.29) is 36.4 Å². The number of amides is 2. The summed E-state index contributed by atoms with van der Waals surface area (Å²) < 4.78 is 28.3. The Hall–Kier alpha value is -3.06. The van der Waals surface area contributed by atoms with E-state index in [0.29, 0.717) is 5.57 Å². The van der Waals surface area contributed by atoms with Crippen LogP contribution < -0.4 is 10.6 Å². The maximum absolute atomic E-state index is 14.5. The molecule has 31 heavy (non-hydrogen) atoms. The summed E-state index contributed by atoms with van der Waals surface area (Å²) in [6.07, 6.45) is 3.66. The predicted octanol–water partition coefficient (Wildman–Crippen LogP) is 3.05. The largest absolute Gasteiger partial charge is 0.358 e. The molecule has 2 N–H and O–H groups in total. The van der Waals surface area contributed by atoms with Crippen molar-refractivity contribution in [3.8, 4) is 0 Å². The Bertz CT molecular complexity index is 1010. The Balaban J connectivity index is 1.64. The van der Waals surface area contributed by atoms with Crippen LogP contribution in [0.5, 0.6) is 0 Å². The topological polar surface area (TPSA) is 61.4 Å². The lowest BCUT2D eigenvalue weighted by atomic mass is 10.0. The van der Waals surface area contributed by atoms with Gasteiger partial charge in [-0.3, -0.25) is 14.9 Å². The van der Waals surface area contributed by atoms with Gasteiger partial charge in [-0.25, -0.2) is 8.78 Å². The zero-order valence-corrected chi connectivity index (χ0v) is 17.3. The highest BCUT2D eigenvalue weighted by Gasteiger charge is 2.42. The van der Waals surface area contributed by atoms with Crippen molar-refractivity contribution in [3.63, 3.8) is 0 Å². The monoisotopic (exact) mass is 425 g/mol. The molecular formula is C24H25F2N3O2. The molecule has 1 aliphatic carbocycles. The molecule has 2 aromatic rings.